The molecule has 0 unspecified atom stereocenters. The van der Waals surface area contributed by atoms with Gasteiger partial charge in [0.15, 0.2) is 0 Å². The first kappa shape index (κ1) is 24.0. The highest BCUT2D eigenvalue weighted by Gasteiger charge is 2.31. The molecule has 0 atom stereocenters. The molecule has 0 bridgehead atoms. The molecule has 1 saturated heterocycles. The van der Waals surface area contributed by atoms with E-state index in [2.05, 4.69) is 10.9 Å². The molecule has 3 heterocycles. The number of pyridine rings is 1. The number of aromatic nitrogens is 2. The van der Waals surface area contributed by atoms with Crippen LogP contribution in [0.1, 0.15) is 43.9 Å². The van der Waals surface area contributed by atoms with Crippen LogP contribution in [0.2, 0.25) is 0 Å². The SMILES string of the molecule is C#CCc1ccc2c(C3CCN(S(=O)(=O)c4ccc(OC(C)C)cc4)CC3)cn(CC=O)c2n1. The van der Waals surface area contributed by atoms with Gasteiger partial charge in [0.2, 0.25) is 10.0 Å². The van der Waals surface area contributed by atoms with Crippen molar-refractivity contribution in [2.45, 2.75) is 56.6 Å². The molecule has 7 nitrogen and oxygen atoms in total. The number of aldehydes is 1. The molecular weight excluding hydrogens is 450 g/mol. The Balaban J connectivity index is 1.52. The van der Waals surface area contributed by atoms with Gasteiger partial charge in [0.25, 0.3) is 0 Å². The van der Waals surface area contributed by atoms with Crippen LogP contribution in [0.5, 0.6) is 5.75 Å². The summed E-state index contributed by atoms with van der Waals surface area (Å²) >= 11 is 0. The van der Waals surface area contributed by atoms with E-state index in [1.54, 1.807) is 28.6 Å². The predicted molar refractivity (Wildman–Crippen MR) is 131 cm³/mol. The van der Waals surface area contributed by atoms with Crippen molar-refractivity contribution in [1.82, 2.24) is 13.9 Å². The van der Waals surface area contributed by atoms with E-state index >= 15 is 0 Å². The molecule has 0 amide bonds. The van der Waals surface area contributed by atoms with Crippen molar-refractivity contribution in [3.05, 3.63) is 53.9 Å². The fraction of sp³-hybridized carbons (Fsp3) is 0.385. The molecule has 4 rings (SSSR count). The zero-order valence-corrected chi connectivity index (χ0v) is 20.3. The Labute approximate surface area is 200 Å². The molecule has 178 valence electrons. The Bertz CT molecular complexity index is 1310. The summed E-state index contributed by atoms with van der Waals surface area (Å²) in [6, 6.07) is 10.5. The number of carbonyl (C=O) groups excluding carboxylic acids is 1. The summed E-state index contributed by atoms with van der Waals surface area (Å²) in [6.07, 6.45) is 10.1. The topological polar surface area (TPSA) is 81.5 Å². The van der Waals surface area contributed by atoms with Crippen LogP contribution >= 0.6 is 0 Å². The van der Waals surface area contributed by atoms with Crippen LogP contribution in [0.4, 0.5) is 0 Å². The lowest BCUT2D eigenvalue weighted by atomic mass is 9.90. The number of benzene rings is 1. The number of carbonyl (C=O) groups is 1. The maximum absolute atomic E-state index is 13.2. The van der Waals surface area contributed by atoms with Gasteiger partial charge in [-0.2, -0.15) is 4.31 Å². The maximum atomic E-state index is 13.2. The van der Waals surface area contributed by atoms with Crippen molar-refractivity contribution in [2.24, 2.45) is 0 Å². The van der Waals surface area contributed by atoms with E-state index in [1.165, 1.54) is 0 Å². The van der Waals surface area contributed by atoms with Gasteiger partial charge in [-0.25, -0.2) is 13.4 Å². The second kappa shape index (κ2) is 10.00. The van der Waals surface area contributed by atoms with Crippen LogP contribution < -0.4 is 4.74 Å². The van der Waals surface area contributed by atoms with Crippen molar-refractivity contribution in [3.63, 3.8) is 0 Å². The van der Waals surface area contributed by atoms with Crippen LogP contribution in [0, 0.1) is 12.3 Å². The molecule has 1 aliphatic rings. The van der Waals surface area contributed by atoms with E-state index < -0.39 is 10.0 Å². The van der Waals surface area contributed by atoms with Crippen LogP contribution in [0.15, 0.2) is 47.5 Å². The molecule has 8 heteroatoms. The molecule has 0 saturated carbocycles. The highest BCUT2D eigenvalue weighted by Crippen LogP contribution is 2.35. The van der Waals surface area contributed by atoms with E-state index in [0.29, 0.717) is 38.1 Å². The average Bonchev–Trinajstić information content (AvgIpc) is 3.17. The molecule has 34 heavy (non-hydrogen) atoms. The summed E-state index contributed by atoms with van der Waals surface area (Å²) < 4.78 is 35.4. The predicted octanol–water partition coefficient (Wildman–Crippen LogP) is 3.77. The number of hydrogen-bond donors (Lipinski definition) is 0. The normalized spacial score (nSPS) is 15.5. The van der Waals surface area contributed by atoms with Crippen LogP contribution in [-0.2, 0) is 27.8 Å². The minimum atomic E-state index is -3.58. The van der Waals surface area contributed by atoms with Crippen LogP contribution in [-0.4, -0.2) is 47.8 Å². The highest BCUT2D eigenvalue weighted by molar-refractivity contribution is 7.89. The number of nitrogens with zero attached hydrogens (tertiary/aromatic N) is 3. The molecule has 2 aromatic heterocycles. The summed E-state index contributed by atoms with van der Waals surface area (Å²) in [4.78, 5) is 16.1. The number of terminal acetylenes is 1. The van der Waals surface area contributed by atoms with Crippen molar-refractivity contribution >= 4 is 27.3 Å². The summed E-state index contributed by atoms with van der Waals surface area (Å²) in [7, 11) is -3.58. The molecule has 1 fully saturated rings. The number of sulfonamides is 1. The lowest BCUT2D eigenvalue weighted by molar-refractivity contribution is -0.108. The molecule has 0 spiro atoms. The Morgan fingerprint density at radius 3 is 2.50 bits per heavy atom. The molecule has 3 aromatic rings. The van der Waals surface area contributed by atoms with Crippen LogP contribution in [0.3, 0.4) is 0 Å². The van der Waals surface area contributed by atoms with E-state index in [0.717, 1.165) is 28.6 Å². The summed E-state index contributed by atoms with van der Waals surface area (Å²) in [5.74, 6) is 3.44. The number of ether oxygens (including phenoxy) is 1. The first-order valence-electron chi connectivity index (χ1n) is 11.5. The number of rotatable bonds is 8. The lowest BCUT2D eigenvalue weighted by Crippen LogP contribution is -2.37. The number of hydrogen-bond acceptors (Lipinski definition) is 5. The first-order valence-corrected chi connectivity index (χ1v) is 12.9. The van der Waals surface area contributed by atoms with Gasteiger partial charge < -0.3 is 14.1 Å². The summed E-state index contributed by atoms with van der Waals surface area (Å²) in [6.45, 7) is 4.93. The smallest absolute Gasteiger partial charge is 0.243 e. The highest BCUT2D eigenvalue weighted by atomic mass is 32.2. The van der Waals surface area contributed by atoms with E-state index in [-0.39, 0.29) is 23.5 Å². The monoisotopic (exact) mass is 479 g/mol. The third-order valence-corrected chi connectivity index (χ3v) is 8.01. The third kappa shape index (κ3) is 4.86. The first-order chi connectivity index (χ1) is 16.3. The van der Waals surface area contributed by atoms with Gasteiger partial charge in [0.1, 0.15) is 17.7 Å². The summed E-state index contributed by atoms with van der Waals surface area (Å²) in [5.41, 5.74) is 2.63. The average molecular weight is 480 g/mol. The van der Waals surface area contributed by atoms with E-state index in [9.17, 15) is 13.2 Å². The van der Waals surface area contributed by atoms with Crippen molar-refractivity contribution < 1.29 is 17.9 Å². The van der Waals surface area contributed by atoms with E-state index in [4.69, 9.17) is 11.2 Å². The standard InChI is InChI=1S/C26H29N3O4S/c1-4-5-21-6-11-24-25(18-28(16-17-30)26(24)27-21)20-12-14-29(15-13-20)34(31,32)23-9-7-22(8-10-23)33-19(2)3/h1,6-11,17-20H,5,12-16H2,2-3H3. The Morgan fingerprint density at radius 1 is 1.18 bits per heavy atom. The van der Waals surface area contributed by atoms with Crippen molar-refractivity contribution in [1.29, 1.82) is 0 Å². The molecular formula is C26H29N3O4S. The zero-order chi connectivity index (χ0) is 24.3. The minimum Gasteiger partial charge on any atom is -0.491 e. The van der Waals surface area contributed by atoms with Gasteiger partial charge in [-0.15, -0.1) is 12.3 Å². The lowest BCUT2D eigenvalue weighted by Gasteiger charge is -2.31. The van der Waals surface area contributed by atoms with Gasteiger partial charge in [-0.3, -0.25) is 0 Å². The Morgan fingerprint density at radius 2 is 1.88 bits per heavy atom. The molecule has 0 radical (unpaired) electrons. The van der Waals surface area contributed by atoms with Crippen LogP contribution in [0.25, 0.3) is 11.0 Å². The Hall–Kier alpha value is -3.15. The minimum absolute atomic E-state index is 0.0260. The fourth-order valence-electron chi connectivity index (χ4n) is 4.50. The second-order valence-electron chi connectivity index (χ2n) is 8.77. The van der Waals surface area contributed by atoms with Crippen molar-refractivity contribution in [3.8, 4) is 18.1 Å². The fourth-order valence-corrected chi connectivity index (χ4v) is 5.97. The Kier molecular flexibility index (Phi) is 7.05. The van der Waals surface area contributed by atoms with Gasteiger partial charge in [-0.05, 0) is 74.6 Å². The number of piperidine rings is 1. The quantitative estimate of drug-likeness (QED) is 0.363. The van der Waals surface area contributed by atoms with Gasteiger partial charge >= 0.3 is 0 Å². The van der Waals surface area contributed by atoms with Gasteiger partial charge in [0.05, 0.1) is 29.7 Å². The largest absolute Gasteiger partial charge is 0.491 e. The molecule has 0 aliphatic carbocycles. The van der Waals surface area contributed by atoms with E-state index in [1.807, 2.05) is 36.7 Å². The molecule has 0 N–H and O–H groups in total. The zero-order valence-electron chi connectivity index (χ0n) is 19.5. The third-order valence-electron chi connectivity index (χ3n) is 6.09. The molecule has 1 aromatic carbocycles. The second-order valence-corrected chi connectivity index (χ2v) is 10.7. The maximum Gasteiger partial charge on any atom is 0.243 e. The van der Waals surface area contributed by atoms with Gasteiger partial charge in [0, 0.05) is 24.7 Å². The number of fused-ring (bicyclic) bond motifs is 1. The summed E-state index contributed by atoms with van der Waals surface area (Å²) in [5, 5.41) is 0.990. The van der Waals surface area contributed by atoms with Gasteiger partial charge in [-0.1, -0.05) is 0 Å². The van der Waals surface area contributed by atoms with Crippen molar-refractivity contribution in [2.75, 3.05) is 13.1 Å². The molecule has 1 aliphatic heterocycles.